The number of aromatic hydroxyl groups is 2. The van der Waals surface area contributed by atoms with Crippen LogP contribution >= 0.6 is 0 Å². The monoisotopic (exact) mass is 329 g/mol. The smallest absolute Gasteiger partial charge is 0.161 e. The highest BCUT2D eigenvalue weighted by molar-refractivity contribution is 5.83. The van der Waals surface area contributed by atoms with Gasteiger partial charge in [0.15, 0.2) is 11.5 Å². The number of Topliss-reactive ketones (excluding diaryl/α,β-unsaturated/α-hetero) is 1. The molecule has 0 radical (unpaired) electrons. The number of rotatable bonds is 2. The normalized spacial score (nSPS) is 35.2. The zero-order valence-electron chi connectivity index (χ0n) is 13.7. The summed E-state index contributed by atoms with van der Waals surface area (Å²) in [5.74, 6) is -0.238. The van der Waals surface area contributed by atoms with Crippen molar-refractivity contribution in [2.75, 3.05) is 13.1 Å². The van der Waals surface area contributed by atoms with Crippen molar-refractivity contribution in [1.82, 2.24) is 4.90 Å². The van der Waals surface area contributed by atoms with Gasteiger partial charge in [0.2, 0.25) is 0 Å². The molecule has 5 heteroatoms. The number of hydrogen-bond donors (Lipinski definition) is 3. The molecule has 0 unspecified atom stereocenters. The van der Waals surface area contributed by atoms with Crippen molar-refractivity contribution in [3.8, 4) is 11.5 Å². The number of aliphatic hydroxyl groups is 1. The lowest BCUT2D eigenvalue weighted by atomic mass is 9.49. The third-order valence-corrected chi connectivity index (χ3v) is 6.43. The molecule has 1 saturated heterocycles. The summed E-state index contributed by atoms with van der Waals surface area (Å²) in [5, 5.41) is 32.3. The molecule has 0 amide bonds. The molecular formula is C19H23NO4. The maximum absolute atomic E-state index is 12.3. The van der Waals surface area contributed by atoms with Crippen LogP contribution in [0.5, 0.6) is 11.5 Å². The highest BCUT2D eigenvalue weighted by Gasteiger charge is 2.65. The van der Waals surface area contributed by atoms with Crippen LogP contribution < -0.4 is 0 Å². The van der Waals surface area contributed by atoms with E-state index in [1.165, 1.54) is 6.07 Å². The summed E-state index contributed by atoms with van der Waals surface area (Å²) in [4.78, 5) is 14.5. The maximum Gasteiger partial charge on any atom is 0.161 e. The summed E-state index contributed by atoms with van der Waals surface area (Å²) in [6, 6.07) is 3.21. The van der Waals surface area contributed by atoms with E-state index >= 15 is 0 Å². The van der Waals surface area contributed by atoms with Crippen LogP contribution in [0.25, 0.3) is 0 Å². The number of carbonyl (C=O) groups is 1. The Morgan fingerprint density at radius 2 is 2.12 bits per heavy atom. The predicted molar refractivity (Wildman–Crippen MR) is 89.1 cm³/mol. The number of fused-ring (bicyclic) bond motifs is 1. The minimum Gasteiger partial charge on any atom is -0.504 e. The van der Waals surface area contributed by atoms with Crippen LogP contribution in [-0.2, 0) is 16.6 Å². The predicted octanol–water partition coefficient (Wildman–Crippen LogP) is 1.64. The SMILES string of the molecule is C=CCN1CC[C@@]23CC(=O)CC[C@@]2(O)[C@@H]1Cc1ccc(O)c(O)c13. The lowest BCUT2D eigenvalue weighted by molar-refractivity contribution is -0.171. The summed E-state index contributed by atoms with van der Waals surface area (Å²) in [7, 11) is 0. The maximum atomic E-state index is 12.3. The van der Waals surface area contributed by atoms with Gasteiger partial charge < -0.3 is 15.3 Å². The number of phenols is 2. The zero-order chi connectivity index (χ0) is 17.1. The van der Waals surface area contributed by atoms with Crippen molar-refractivity contribution < 1.29 is 20.1 Å². The van der Waals surface area contributed by atoms with Gasteiger partial charge in [-0.3, -0.25) is 9.69 Å². The van der Waals surface area contributed by atoms with Gasteiger partial charge in [-0.15, -0.1) is 6.58 Å². The molecule has 2 fully saturated rings. The zero-order valence-corrected chi connectivity index (χ0v) is 13.7. The molecule has 1 aromatic carbocycles. The van der Waals surface area contributed by atoms with Crippen molar-refractivity contribution in [3.05, 3.63) is 35.9 Å². The van der Waals surface area contributed by atoms with Gasteiger partial charge in [0.1, 0.15) is 5.78 Å². The highest BCUT2D eigenvalue weighted by Crippen LogP contribution is 2.60. The fourth-order valence-corrected chi connectivity index (χ4v) is 5.38. The Balaban J connectivity index is 1.96. The van der Waals surface area contributed by atoms with Gasteiger partial charge in [0.25, 0.3) is 0 Å². The average Bonchev–Trinajstić information content (AvgIpc) is 2.54. The van der Waals surface area contributed by atoms with Crippen LogP contribution in [-0.4, -0.2) is 50.7 Å². The third kappa shape index (κ3) is 1.80. The van der Waals surface area contributed by atoms with E-state index in [0.717, 1.165) is 12.1 Å². The summed E-state index contributed by atoms with van der Waals surface area (Å²) in [5.41, 5.74) is -0.363. The van der Waals surface area contributed by atoms with Crippen LogP contribution in [0.15, 0.2) is 24.8 Å². The van der Waals surface area contributed by atoms with E-state index in [9.17, 15) is 20.1 Å². The van der Waals surface area contributed by atoms with Crippen molar-refractivity contribution in [3.63, 3.8) is 0 Å². The molecule has 2 aliphatic carbocycles. The largest absolute Gasteiger partial charge is 0.504 e. The number of ketones is 1. The first kappa shape index (κ1) is 15.7. The highest BCUT2D eigenvalue weighted by atomic mass is 16.3. The fraction of sp³-hybridized carbons (Fsp3) is 0.526. The first-order valence-electron chi connectivity index (χ1n) is 8.56. The number of phenolic OH excluding ortho intramolecular Hbond substituents is 2. The first-order chi connectivity index (χ1) is 11.4. The lowest BCUT2D eigenvalue weighted by Crippen LogP contribution is -2.73. The second kappa shape index (κ2) is 5.07. The van der Waals surface area contributed by atoms with Gasteiger partial charge in [-0.1, -0.05) is 12.1 Å². The summed E-state index contributed by atoms with van der Waals surface area (Å²) in [6.07, 6.45) is 4.03. The Kier molecular flexibility index (Phi) is 3.31. The Bertz CT molecular complexity index is 730. The van der Waals surface area contributed by atoms with E-state index in [1.54, 1.807) is 0 Å². The Morgan fingerprint density at radius 1 is 1.33 bits per heavy atom. The van der Waals surface area contributed by atoms with Gasteiger partial charge in [-0.2, -0.15) is 0 Å². The summed E-state index contributed by atoms with van der Waals surface area (Å²) < 4.78 is 0. The van der Waals surface area contributed by atoms with E-state index in [2.05, 4.69) is 11.5 Å². The van der Waals surface area contributed by atoms with Gasteiger partial charge in [0, 0.05) is 36.4 Å². The molecule has 0 spiro atoms. The lowest BCUT2D eigenvalue weighted by Gasteiger charge is -2.63. The molecular weight excluding hydrogens is 306 g/mol. The number of hydrogen-bond acceptors (Lipinski definition) is 5. The molecule has 1 aliphatic heterocycles. The van der Waals surface area contributed by atoms with Gasteiger partial charge in [0.05, 0.1) is 5.60 Å². The molecule has 3 N–H and O–H groups in total. The van der Waals surface area contributed by atoms with Crippen LogP contribution in [0.4, 0.5) is 0 Å². The fourth-order valence-electron chi connectivity index (χ4n) is 5.38. The van der Waals surface area contributed by atoms with Crippen LogP contribution in [0.1, 0.15) is 36.8 Å². The molecule has 24 heavy (non-hydrogen) atoms. The number of piperidine rings is 1. The van der Waals surface area contributed by atoms with Crippen molar-refractivity contribution >= 4 is 5.78 Å². The first-order valence-corrected chi connectivity index (χ1v) is 8.56. The molecule has 5 nitrogen and oxygen atoms in total. The minimum absolute atomic E-state index is 0.103. The van der Waals surface area contributed by atoms with Crippen molar-refractivity contribution in [2.24, 2.45) is 0 Å². The third-order valence-electron chi connectivity index (χ3n) is 6.43. The van der Waals surface area contributed by atoms with E-state index in [0.29, 0.717) is 37.8 Å². The second-order valence-electron chi connectivity index (χ2n) is 7.44. The second-order valence-corrected chi connectivity index (χ2v) is 7.44. The Hall–Kier alpha value is -1.85. The summed E-state index contributed by atoms with van der Waals surface area (Å²) in [6.45, 7) is 5.25. The van der Waals surface area contributed by atoms with E-state index in [-0.39, 0.29) is 29.7 Å². The molecule has 1 aromatic rings. The van der Waals surface area contributed by atoms with Crippen LogP contribution in [0.3, 0.4) is 0 Å². The number of carbonyl (C=O) groups excluding carboxylic acids is 1. The molecule has 1 heterocycles. The molecule has 128 valence electrons. The van der Waals surface area contributed by atoms with Crippen molar-refractivity contribution in [2.45, 2.75) is 49.2 Å². The van der Waals surface area contributed by atoms with Crippen molar-refractivity contribution in [1.29, 1.82) is 0 Å². The summed E-state index contributed by atoms with van der Waals surface area (Å²) >= 11 is 0. The molecule has 4 rings (SSSR count). The standard InChI is InChI=1S/C19H23NO4/c1-2-8-20-9-7-18-11-13(21)5-6-19(18,24)15(20)10-12-3-4-14(22)17(23)16(12)18/h2-4,15,22-24H,1,5-11H2/t15-,18-,19+/m0/s1. The topological polar surface area (TPSA) is 81.0 Å². The molecule has 3 atom stereocenters. The van der Waals surface area contributed by atoms with Gasteiger partial charge >= 0.3 is 0 Å². The molecule has 2 bridgehead atoms. The van der Waals surface area contributed by atoms with E-state index in [4.69, 9.17) is 0 Å². The Labute approximate surface area is 141 Å². The molecule has 3 aliphatic rings. The van der Waals surface area contributed by atoms with Crippen LogP contribution in [0.2, 0.25) is 0 Å². The minimum atomic E-state index is -1.07. The van der Waals surface area contributed by atoms with E-state index in [1.807, 2.05) is 12.1 Å². The average molecular weight is 329 g/mol. The van der Waals surface area contributed by atoms with Gasteiger partial charge in [-0.05, 0) is 37.4 Å². The molecule has 1 saturated carbocycles. The molecule has 0 aromatic heterocycles. The quantitative estimate of drug-likeness (QED) is 0.568. The van der Waals surface area contributed by atoms with Crippen LogP contribution in [0, 0.1) is 0 Å². The Morgan fingerprint density at radius 3 is 2.88 bits per heavy atom. The number of nitrogens with zero attached hydrogens (tertiary/aromatic N) is 1. The number of likely N-dealkylation sites (tertiary alicyclic amines) is 1. The van der Waals surface area contributed by atoms with E-state index < -0.39 is 11.0 Å². The number of benzene rings is 1. The van der Waals surface area contributed by atoms with Gasteiger partial charge in [-0.25, -0.2) is 0 Å².